The number of pyridine rings is 1. The smallest absolute Gasteiger partial charge is 0.506 e. The summed E-state index contributed by atoms with van der Waals surface area (Å²) >= 11 is 5.34. The number of alkyl halides is 4. The zero-order chi connectivity index (χ0) is 12.3. The summed E-state index contributed by atoms with van der Waals surface area (Å²) in [5.74, 6) is -1.74. The molecule has 1 aromatic heterocycles. The Morgan fingerprint density at radius 3 is 2.62 bits per heavy atom. The molecule has 4 nitrogen and oxygen atoms in total. The number of rotatable bonds is 3. The van der Waals surface area contributed by atoms with Crippen molar-refractivity contribution < 1.29 is 27.8 Å². The fraction of sp³-hybridized carbons (Fsp3) is 0.250. The molecular weight excluding hydrogens is 251 g/mol. The zero-order valence-corrected chi connectivity index (χ0v) is 8.34. The maximum absolute atomic E-state index is 11.9. The quantitative estimate of drug-likeness (QED) is 0.665. The van der Waals surface area contributed by atoms with Gasteiger partial charge in [0.25, 0.3) is 0 Å². The highest BCUT2D eigenvalue weighted by atomic mass is 35.5. The molecule has 1 N–H and O–H groups in total. The van der Waals surface area contributed by atoms with Gasteiger partial charge in [-0.2, -0.15) is 0 Å². The number of aromatic hydroxyl groups is 1. The number of ether oxygens (including phenoxy) is 1. The molecule has 0 bridgehead atoms. The van der Waals surface area contributed by atoms with Gasteiger partial charge >= 0.3 is 6.36 Å². The Kier molecular flexibility index (Phi) is 3.58. The largest absolute Gasteiger partial charge is 0.574 e. The first-order chi connectivity index (χ1) is 7.37. The lowest BCUT2D eigenvalue weighted by Crippen LogP contribution is -2.19. The number of aldehydes is 1. The van der Waals surface area contributed by atoms with Gasteiger partial charge in [-0.05, 0) is 6.07 Å². The van der Waals surface area contributed by atoms with Gasteiger partial charge in [0.2, 0.25) is 5.88 Å². The first-order valence-corrected chi connectivity index (χ1v) is 4.40. The number of nitrogens with zero attached hydrogens (tertiary/aromatic N) is 1. The van der Waals surface area contributed by atoms with Crippen LogP contribution < -0.4 is 4.74 Å². The summed E-state index contributed by atoms with van der Waals surface area (Å²) in [5.41, 5.74) is -0.713. The molecule has 0 unspecified atom stereocenters. The van der Waals surface area contributed by atoms with Gasteiger partial charge in [-0.15, -0.1) is 24.8 Å². The van der Waals surface area contributed by atoms with E-state index < -0.39 is 23.7 Å². The van der Waals surface area contributed by atoms with Crippen molar-refractivity contribution in [2.24, 2.45) is 0 Å². The molecule has 0 fully saturated rings. The molecule has 0 aliphatic rings. The van der Waals surface area contributed by atoms with Crippen molar-refractivity contribution >= 4 is 17.9 Å². The van der Waals surface area contributed by atoms with Crippen LogP contribution in [0.5, 0.6) is 11.6 Å². The van der Waals surface area contributed by atoms with Crippen molar-refractivity contribution in [3.05, 3.63) is 17.3 Å². The summed E-state index contributed by atoms with van der Waals surface area (Å²) in [6.45, 7) is 0. The normalized spacial score (nSPS) is 11.2. The number of hydrogen-bond acceptors (Lipinski definition) is 4. The van der Waals surface area contributed by atoms with Crippen molar-refractivity contribution in [2.45, 2.75) is 12.2 Å². The summed E-state index contributed by atoms with van der Waals surface area (Å²) in [5, 5.41) is 9.16. The SMILES string of the molecule is O=Cc1nc(OC(F)(F)F)c(CCl)cc1O. The lowest BCUT2D eigenvalue weighted by Gasteiger charge is -2.11. The van der Waals surface area contributed by atoms with E-state index in [1.165, 1.54) is 0 Å². The average molecular weight is 256 g/mol. The van der Waals surface area contributed by atoms with Gasteiger partial charge < -0.3 is 9.84 Å². The van der Waals surface area contributed by atoms with Gasteiger partial charge in [-0.3, -0.25) is 4.79 Å². The predicted molar refractivity (Wildman–Crippen MR) is 47.5 cm³/mol. The maximum atomic E-state index is 11.9. The summed E-state index contributed by atoms with van der Waals surface area (Å²) in [6, 6.07) is 0.894. The lowest BCUT2D eigenvalue weighted by atomic mass is 10.2. The van der Waals surface area contributed by atoms with Crippen LogP contribution in [-0.4, -0.2) is 22.7 Å². The second-order valence-electron chi connectivity index (χ2n) is 2.66. The lowest BCUT2D eigenvalue weighted by molar-refractivity contribution is -0.276. The third-order valence-corrected chi connectivity index (χ3v) is 1.83. The molecule has 0 aliphatic heterocycles. The molecule has 0 saturated carbocycles. The highest BCUT2D eigenvalue weighted by Gasteiger charge is 2.33. The van der Waals surface area contributed by atoms with E-state index in [-0.39, 0.29) is 17.7 Å². The molecule has 1 aromatic rings. The van der Waals surface area contributed by atoms with Crippen LogP contribution in [0.15, 0.2) is 6.07 Å². The Balaban J connectivity index is 3.20. The molecule has 0 amide bonds. The molecule has 0 aliphatic carbocycles. The second kappa shape index (κ2) is 4.56. The number of halogens is 4. The topological polar surface area (TPSA) is 59.4 Å². The highest BCUT2D eigenvalue weighted by molar-refractivity contribution is 6.17. The minimum Gasteiger partial charge on any atom is -0.506 e. The van der Waals surface area contributed by atoms with Crippen LogP contribution in [0.3, 0.4) is 0 Å². The minimum atomic E-state index is -4.94. The Hall–Kier alpha value is -1.50. The van der Waals surface area contributed by atoms with Crippen LogP contribution in [0.2, 0.25) is 0 Å². The van der Waals surface area contributed by atoms with E-state index in [0.717, 1.165) is 6.07 Å². The molecule has 0 atom stereocenters. The fourth-order valence-electron chi connectivity index (χ4n) is 0.920. The van der Waals surface area contributed by atoms with Gasteiger partial charge in [0, 0.05) is 5.56 Å². The molecule has 1 heterocycles. The van der Waals surface area contributed by atoms with Crippen LogP contribution in [0.4, 0.5) is 13.2 Å². The van der Waals surface area contributed by atoms with Crippen molar-refractivity contribution in [2.75, 3.05) is 0 Å². The van der Waals surface area contributed by atoms with E-state index in [1.54, 1.807) is 0 Å². The second-order valence-corrected chi connectivity index (χ2v) is 2.92. The van der Waals surface area contributed by atoms with Gasteiger partial charge in [-0.1, -0.05) is 0 Å². The minimum absolute atomic E-state index is 0.108. The molecule has 0 saturated heterocycles. The molecule has 0 aromatic carbocycles. The van der Waals surface area contributed by atoms with Crippen LogP contribution in [0.25, 0.3) is 0 Å². The van der Waals surface area contributed by atoms with Gasteiger partial charge in [0.1, 0.15) is 11.4 Å². The Bertz CT molecular complexity index is 408. The fourth-order valence-corrected chi connectivity index (χ4v) is 1.11. The maximum Gasteiger partial charge on any atom is 0.574 e. The van der Waals surface area contributed by atoms with Crippen LogP contribution in [0, 0.1) is 0 Å². The third-order valence-electron chi connectivity index (χ3n) is 1.54. The van der Waals surface area contributed by atoms with E-state index in [0.29, 0.717) is 0 Å². The van der Waals surface area contributed by atoms with Crippen molar-refractivity contribution in [3.63, 3.8) is 0 Å². The number of carbonyl (C=O) groups excluding carboxylic acids is 1. The molecule has 8 heteroatoms. The van der Waals surface area contributed by atoms with E-state index >= 15 is 0 Å². The van der Waals surface area contributed by atoms with Crippen LogP contribution in [-0.2, 0) is 5.88 Å². The van der Waals surface area contributed by atoms with E-state index in [4.69, 9.17) is 16.7 Å². The van der Waals surface area contributed by atoms with Gasteiger partial charge in [0.05, 0.1) is 5.88 Å². The van der Waals surface area contributed by atoms with E-state index in [2.05, 4.69) is 9.72 Å². The van der Waals surface area contributed by atoms with E-state index in [1.807, 2.05) is 0 Å². The first-order valence-electron chi connectivity index (χ1n) is 3.87. The molecule has 1 rings (SSSR count). The highest BCUT2D eigenvalue weighted by Crippen LogP contribution is 2.29. The molecule has 0 radical (unpaired) electrons. The molecule has 16 heavy (non-hydrogen) atoms. The summed E-state index contributed by atoms with van der Waals surface area (Å²) < 4.78 is 39.4. The van der Waals surface area contributed by atoms with Crippen molar-refractivity contribution in [3.8, 4) is 11.6 Å². The van der Waals surface area contributed by atoms with Gasteiger partial charge in [-0.25, -0.2) is 4.98 Å². The van der Waals surface area contributed by atoms with E-state index in [9.17, 15) is 18.0 Å². The molecule has 0 spiro atoms. The number of hydrogen-bond donors (Lipinski definition) is 1. The first kappa shape index (κ1) is 12.6. The average Bonchev–Trinajstić information content (AvgIpc) is 2.18. The Labute approximate surface area is 92.6 Å². The van der Waals surface area contributed by atoms with Crippen LogP contribution >= 0.6 is 11.6 Å². The summed E-state index contributed by atoms with van der Waals surface area (Å²) in [6.07, 6.45) is -4.83. The third kappa shape index (κ3) is 2.99. The molecular formula is C8H5ClF3NO3. The number of aromatic nitrogens is 1. The number of carbonyl (C=O) groups is 1. The molecule has 88 valence electrons. The van der Waals surface area contributed by atoms with Crippen molar-refractivity contribution in [1.82, 2.24) is 4.98 Å². The predicted octanol–water partition coefficient (Wildman–Crippen LogP) is 2.24. The van der Waals surface area contributed by atoms with Crippen LogP contribution in [0.1, 0.15) is 16.1 Å². The Morgan fingerprint density at radius 2 is 2.19 bits per heavy atom. The Morgan fingerprint density at radius 1 is 1.56 bits per heavy atom. The summed E-state index contributed by atoms with van der Waals surface area (Å²) in [4.78, 5) is 13.6. The zero-order valence-electron chi connectivity index (χ0n) is 7.58. The monoisotopic (exact) mass is 255 g/mol. The standard InChI is InChI=1S/C8H5ClF3NO3/c9-2-4-1-6(15)5(3-14)13-7(4)16-8(10,11)12/h1,3,15H,2H2. The summed E-state index contributed by atoms with van der Waals surface area (Å²) in [7, 11) is 0. The van der Waals surface area contributed by atoms with Gasteiger partial charge in [0.15, 0.2) is 6.29 Å². The van der Waals surface area contributed by atoms with Crippen molar-refractivity contribution in [1.29, 1.82) is 0 Å².